The van der Waals surface area contributed by atoms with Gasteiger partial charge in [-0.25, -0.2) is 4.79 Å². The SMILES string of the molecule is COC(=O)/C=C/c1cc(OC)cc(OC)c1. The number of carbonyl (C=O) groups excluding carboxylic acids is 1. The highest BCUT2D eigenvalue weighted by molar-refractivity contribution is 5.87. The molecule has 0 unspecified atom stereocenters. The molecule has 0 saturated heterocycles. The van der Waals surface area contributed by atoms with Crippen molar-refractivity contribution in [3.8, 4) is 11.5 Å². The Balaban J connectivity index is 2.95. The van der Waals surface area contributed by atoms with Crippen LogP contribution in [0.4, 0.5) is 0 Å². The van der Waals surface area contributed by atoms with Gasteiger partial charge in [-0.1, -0.05) is 0 Å². The molecular formula is C12H14O4. The molecular weight excluding hydrogens is 208 g/mol. The zero-order valence-corrected chi connectivity index (χ0v) is 9.52. The first-order valence-electron chi connectivity index (χ1n) is 4.68. The molecule has 0 N–H and O–H groups in total. The molecule has 0 aliphatic heterocycles. The van der Waals surface area contributed by atoms with E-state index in [0.29, 0.717) is 11.5 Å². The lowest BCUT2D eigenvalue weighted by Crippen LogP contribution is -1.93. The molecule has 0 aliphatic rings. The molecule has 0 aliphatic carbocycles. The van der Waals surface area contributed by atoms with Gasteiger partial charge in [0.2, 0.25) is 0 Å². The molecule has 0 spiro atoms. The smallest absolute Gasteiger partial charge is 0.330 e. The minimum atomic E-state index is -0.401. The minimum Gasteiger partial charge on any atom is -0.497 e. The van der Waals surface area contributed by atoms with Crippen molar-refractivity contribution in [3.05, 3.63) is 29.8 Å². The molecule has 0 atom stereocenters. The number of rotatable bonds is 4. The van der Waals surface area contributed by atoms with Gasteiger partial charge in [0.1, 0.15) is 11.5 Å². The van der Waals surface area contributed by atoms with Gasteiger partial charge in [-0.3, -0.25) is 0 Å². The quantitative estimate of drug-likeness (QED) is 0.576. The summed E-state index contributed by atoms with van der Waals surface area (Å²) in [4.78, 5) is 10.9. The highest BCUT2D eigenvalue weighted by Gasteiger charge is 2.00. The predicted octanol–water partition coefficient (Wildman–Crippen LogP) is 1.89. The average molecular weight is 222 g/mol. The van der Waals surface area contributed by atoms with Crippen LogP contribution in [0.2, 0.25) is 0 Å². The molecule has 4 heteroatoms. The molecule has 0 bridgehead atoms. The Morgan fingerprint density at radius 1 is 1.06 bits per heavy atom. The first kappa shape index (κ1) is 12.1. The van der Waals surface area contributed by atoms with Gasteiger partial charge < -0.3 is 14.2 Å². The summed E-state index contributed by atoms with van der Waals surface area (Å²) < 4.78 is 14.7. The van der Waals surface area contributed by atoms with E-state index in [-0.39, 0.29) is 0 Å². The third kappa shape index (κ3) is 3.31. The van der Waals surface area contributed by atoms with E-state index in [1.54, 1.807) is 38.5 Å². The zero-order valence-electron chi connectivity index (χ0n) is 9.52. The number of benzene rings is 1. The van der Waals surface area contributed by atoms with Gasteiger partial charge in [-0.2, -0.15) is 0 Å². The van der Waals surface area contributed by atoms with E-state index in [0.717, 1.165) is 5.56 Å². The van der Waals surface area contributed by atoms with E-state index in [1.807, 2.05) is 0 Å². The Morgan fingerprint density at radius 3 is 2.06 bits per heavy atom. The summed E-state index contributed by atoms with van der Waals surface area (Å²) in [6.45, 7) is 0. The minimum absolute atomic E-state index is 0.401. The van der Waals surface area contributed by atoms with E-state index in [2.05, 4.69) is 4.74 Å². The highest BCUT2D eigenvalue weighted by atomic mass is 16.5. The van der Waals surface area contributed by atoms with Crippen LogP contribution in [0.5, 0.6) is 11.5 Å². The Labute approximate surface area is 94.4 Å². The fourth-order valence-corrected chi connectivity index (χ4v) is 1.16. The lowest BCUT2D eigenvalue weighted by molar-refractivity contribution is -0.134. The summed E-state index contributed by atoms with van der Waals surface area (Å²) in [5.41, 5.74) is 0.807. The number of carbonyl (C=O) groups is 1. The topological polar surface area (TPSA) is 44.8 Å². The van der Waals surface area contributed by atoms with Crippen molar-refractivity contribution >= 4 is 12.0 Å². The third-order valence-electron chi connectivity index (χ3n) is 1.99. The number of hydrogen-bond donors (Lipinski definition) is 0. The van der Waals surface area contributed by atoms with Crippen LogP contribution in [-0.4, -0.2) is 27.3 Å². The Kier molecular flexibility index (Phi) is 4.39. The highest BCUT2D eigenvalue weighted by Crippen LogP contribution is 2.23. The van der Waals surface area contributed by atoms with Crippen molar-refractivity contribution in [3.63, 3.8) is 0 Å². The number of esters is 1. The summed E-state index contributed by atoms with van der Waals surface area (Å²) in [7, 11) is 4.48. The molecule has 0 amide bonds. The second kappa shape index (κ2) is 5.80. The second-order valence-corrected chi connectivity index (χ2v) is 3.00. The Hall–Kier alpha value is -1.97. The second-order valence-electron chi connectivity index (χ2n) is 3.00. The molecule has 0 fully saturated rings. The van der Waals surface area contributed by atoms with Crippen LogP contribution >= 0.6 is 0 Å². The van der Waals surface area contributed by atoms with Crippen molar-refractivity contribution in [2.75, 3.05) is 21.3 Å². The van der Waals surface area contributed by atoms with Gasteiger partial charge in [-0.05, 0) is 23.8 Å². The van der Waals surface area contributed by atoms with Crippen molar-refractivity contribution in [2.45, 2.75) is 0 Å². The van der Waals surface area contributed by atoms with Crippen LogP contribution < -0.4 is 9.47 Å². The molecule has 16 heavy (non-hydrogen) atoms. The summed E-state index contributed by atoms with van der Waals surface area (Å²) >= 11 is 0. The molecule has 86 valence electrons. The summed E-state index contributed by atoms with van der Waals surface area (Å²) in [6, 6.07) is 5.35. The molecule has 0 radical (unpaired) electrons. The lowest BCUT2D eigenvalue weighted by atomic mass is 10.2. The zero-order chi connectivity index (χ0) is 12.0. The lowest BCUT2D eigenvalue weighted by Gasteiger charge is -2.05. The predicted molar refractivity (Wildman–Crippen MR) is 60.6 cm³/mol. The largest absolute Gasteiger partial charge is 0.497 e. The molecule has 0 heterocycles. The molecule has 0 saturated carbocycles. The van der Waals surface area contributed by atoms with Crippen LogP contribution in [0.25, 0.3) is 6.08 Å². The average Bonchev–Trinajstić information content (AvgIpc) is 2.35. The third-order valence-corrected chi connectivity index (χ3v) is 1.99. The number of methoxy groups -OCH3 is 3. The maximum atomic E-state index is 10.9. The van der Waals surface area contributed by atoms with Crippen LogP contribution in [0.15, 0.2) is 24.3 Å². The van der Waals surface area contributed by atoms with Gasteiger partial charge in [0.15, 0.2) is 0 Å². The van der Waals surface area contributed by atoms with Crippen molar-refractivity contribution < 1.29 is 19.0 Å². The van der Waals surface area contributed by atoms with Crippen LogP contribution in [0.1, 0.15) is 5.56 Å². The van der Waals surface area contributed by atoms with Crippen molar-refractivity contribution in [1.29, 1.82) is 0 Å². The molecule has 1 aromatic rings. The van der Waals surface area contributed by atoms with E-state index in [9.17, 15) is 4.79 Å². The van der Waals surface area contributed by atoms with Crippen molar-refractivity contribution in [2.24, 2.45) is 0 Å². The Morgan fingerprint density at radius 2 is 1.62 bits per heavy atom. The Bertz CT molecular complexity index is 374. The van der Waals surface area contributed by atoms with Crippen LogP contribution in [0, 0.1) is 0 Å². The molecule has 0 aromatic heterocycles. The standard InChI is InChI=1S/C12H14O4/c1-14-10-6-9(4-5-12(13)16-3)7-11(8-10)15-2/h4-8H,1-3H3/b5-4+. The first-order chi connectivity index (χ1) is 7.69. The van der Waals surface area contributed by atoms with E-state index in [4.69, 9.17) is 9.47 Å². The van der Waals surface area contributed by atoms with Gasteiger partial charge in [0.05, 0.1) is 21.3 Å². The fourth-order valence-electron chi connectivity index (χ4n) is 1.16. The first-order valence-corrected chi connectivity index (χ1v) is 4.68. The van der Waals surface area contributed by atoms with Crippen LogP contribution in [0.3, 0.4) is 0 Å². The molecule has 1 aromatic carbocycles. The molecule has 1 rings (SSSR count). The normalized spacial score (nSPS) is 10.2. The van der Waals surface area contributed by atoms with Crippen LogP contribution in [-0.2, 0) is 9.53 Å². The maximum absolute atomic E-state index is 10.9. The van der Waals surface area contributed by atoms with Gasteiger partial charge >= 0.3 is 5.97 Å². The number of ether oxygens (including phenoxy) is 3. The van der Waals surface area contributed by atoms with E-state index < -0.39 is 5.97 Å². The maximum Gasteiger partial charge on any atom is 0.330 e. The monoisotopic (exact) mass is 222 g/mol. The van der Waals surface area contributed by atoms with Gasteiger partial charge in [0, 0.05) is 12.1 Å². The van der Waals surface area contributed by atoms with Crippen molar-refractivity contribution in [1.82, 2.24) is 0 Å². The number of hydrogen-bond acceptors (Lipinski definition) is 4. The summed E-state index contributed by atoms with van der Waals surface area (Å²) in [5.74, 6) is 0.939. The van der Waals surface area contributed by atoms with Gasteiger partial charge in [0.25, 0.3) is 0 Å². The molecule has 4 nitrogen and oxygen atoms in total. The fraction of sp³-hybridized carbons (Fsp3) is 0.250. The summed E-state index contributed by atoms with van der Waals surface area (Å²) in [6.07, 6.45) is 2.98. The van der Waals surface area contributed by atoms with E-state index >= 15 is 0 Å². The van der Waals surface area contributed by atoms with E-state index in [1.165, 1.54) is 13.2 Å². The summed E-state index contributed by atoms with van der Waals surface area (Å²) in [5, 5.41) is 0. The van der Waals surface area contributed by atoms with Gasteiger partial charge in [-0.15, -0.1) is 0 Å².